The molecule has 1 saturated carbocycles. The monoisotopic (exact) mass is 537 g/mol. The minimum atomic E-state index is 0. The van der Waals surface area contributed by atoms with E-state index in [0.717, 1.165) is 56.1 Å². The molecule has 0 bridgehead atoms. The number of nitrogens with two attached hydrogens (primary N) is 1. The van der Waals surface area contributed by atoms with E-state index >= 15 is 0 Å². The van der Waals surface area contributed by atoms with Gasteiger partial charge in [0.15, 0.2) is 0 Å². The summed E-state index contributed by atoms with van der Waals surface area (Å²) in [7, 11) is 5.20. The maximum atomic E-state index is 7.00. The van der Waals surface area contributed by atoms with E-state index < -0.39 is 0 Å². The summed E-state index contributed by atoms with van der Waals surface area (Å²) in [4.78, 5) is 0. The van der Waals surface area contributed by atoms with Crippen molar-refractivity contribution in [1.29, 1.82) is 0 Å². The highest BCUT2D eigenvalue weighted by atomic mass is 16.2. The number of hydrazine groups is 1. The average Bonchev–Trinajstić information content (AvgIpc) is 3.64. The number of likely N-dealkylation sites (N-methyl/N-ethyl adjacent to an activating group) is 2. The number of anilines is 1. The molecule has 0 aromatic heterocycles. The van der Waals surface area contributed by atoms with Gasteiger partial charge >= 0.3 is 0 Å². The van der Waals surface area contributed by atoms with Crippen molar-refractivity contribution in [1.82, 2.24) is 21.1 Å². The normalized spacial score (nSPS) is 26.2. The van der Waals surface area contributed by atoms with Gasteiger partial charge in [0, 0.05) is 47.7 Å². The third kappa shape index (κ3) is 6.93. The Kier molecular flexibility index (Phi) is 11.2. The number of hydrogen-bond acceptors (Lipinski definition) is 6. The molecule has 6 atom stereocenters. The van der Waals surface area contributed by atoms with Crippen LogP contribution >= 0.6 is 0 Å². The lowest BCUT2D eigenvalue weighted by Crippen LogP contribution is -2.45. The van der Waals surface area contributed by atoms with Gasteiger partial charge in [-0.05, 0) is 92.3 Å². The fraction of sp³-hybridized carbons (Fsp3) is 0.515. The Morgan fingerprint density at radius 1 is 1.21 bits per heavy atom. The molecule has 1 fully saturated rings. The number of benzene rings is 1. The number of allylic oxidation sites excluding steroid dienone is 4. The number of aliphatic hydroxyl groups excluding tert-OH is 1. The van der Waals surface area contributed by atoms with Crippen molar-refractivity contribution in [3.8, 4) is 0 Å². The molecule has 1 heterocycles. The third-order valence-corrected chi connectivity index (χ3v) is 8.59. The van der Waals surface area contributed by atoms with Crippen LogP contribution in [-0.2, 0) is 0 Å². The number of nitrogens with one attached hydrogen (secondary N) is 3. The molecule has 3 aliphatic carbocycles. The molecule has 1 aromatic rings. The van der Waals surface area contributed by atoms with Crippen LogP contribution in [0.5, 0.6) is 0 Å². The zero-order chi connectivity index (χ0) is 28.7. The summed E-state index contributed by atoms with van der Waals surface area (Å²) >= 11 is 0. The van der Waals surface area contributed by atoms with Crippen molar-refractivity contribution >= 4 is 5.69 Å². The predicted octanol–water partition coefficient (Wildman–Crippen LogP) is 5.53. The highest BCUT2D eigenvalue weighted by molar-refractivity contribution is 5.51. The van der Waals surface area contributed by atoms with Gasteiger partial charge in [0.1, 0.15) is 0 Å². The van der Waals surface area contributed by atoms with Crippen LogP contribution in [0, 0.1) is 30.6 Å². The van der Waals surface area contributed by atoms with Gasteiger partial charge in [0.05, 0.1) is 11.7 Å². The Morgan fingerprint density at radius 3 is 2.59 bits per heavy atom. The lowest BCUT2D eigenvalue weighted by atomic mass is 9.81. The fourth-order valence-corrected chi connectivity index (χ4v) is 6.43. The van der Waals surface area contributed by atoms with Gasteiger partial charge in [-0.1, -0.05) is 42.9 Å². The predicted molar refractivity (Wildman–Crippen MR) is 170 cm³/mol. The summed E-state index contributed by atoms with van der Waals surface area (Å²) < 4.78 is 0. The topological polar surface area (TPSA) is 85.6 Å². The number of rotatable bonds is 9. The average molecular weight is 538 g/mol. The Morgan fingerprint density at radius 2 is 1.92 bits per heavy atom. The van der Waals surface area contributed by atoms with E-state index in [1.165, 1.54) is 28.8 Å². The second-order valence-corrected chi connectivity index (χ2v) is 11.1. The maximum absolute atomic E-state index is 7.00. The minimum absolute atomic E-state index is 0. The molecular weight excluding hydrogens is 482 g/mol. The van der Waals surface area contributed by atoms with Crippen LogP contribution in [-0.4, -0.2) is 50.5 Å². The quantitative estimate of drug-likeness (QED) is 0.210. The van der Waals surface area contributed by atoms with Crippen LogP contribution in [0.15, 0.2) is 78.1 Å². The second-order valence-electron chi connectivity index (χ2n) is 11.1. The Bertz CT molecular complexity index is 1110. The molecule has 4 aliphatic rings. The van der Waals surface area contributed by atoms with Gasteiger partial charge < -0.3 is 26.5 Å². The van der Waals surface area contributed by atoms with Crippen molar-refractivity contribution < 1.29 is 7.96 Å². The number of fused-ring (bicyclic) bond motifs is 1. The Balaban J connectivity index is 0.00000134. The van der Waals surface area contributed by atoms with Gasteiger partial charge in [-0.3, -0.25) is 0 Å². The van der Waals surface area contributed by atoms with E-state index in [1.54, 1.807) is 5.57 Å². The van der Waals surface area contributed by atoms with Crippen LogP contribution in [0.2, 0.25) is 0 Å². The van der Waals surface area contributed by atoms with Gasteiger partial charge in [0.25, 0.3) is 0 Å². The summed E-state index contributed by atoms with van der Waals surface area (Å²) in [5.74, 6) is 2.65. The smallest absolute Gasteiger partial charge is 0.0745 e. The largest absolute Gasteiger partial charge is 0.400 e. The van der Waals surface area contributed by atoms with Gasteiger partial charge in [-0.2, -0.15) is 0 Å². The van der Waals surface area contributed by atoms with Crippen molar-refractivity contribution in [2.45, 2.75) is 52.1 Å². The SMILES string of the molecule is C=C.CC[C@@H](C1=CC2CC2C=C1C)[C@@H](CNC)NCC1C=CC2=C(C1)C(c1ccc(N)c(C)c1)NN2C.CO.[HH].[HH]. The van der Waals surface area contributed by atoms with E-state index in [4.69, 9.17) is 10.8 Å². The lowest BCUT2D eigenvalue weighted by Gasteiger charge is -2.33. The molecular formula is C33H55N5O. The lowest BCUT2D eigenvalue weighted by molar-refractivity contribution is 0.317. The van der Waals surface area contributed by atoms with E-state index in [0.29, 0.717) is 17.9 Å². The fourth-order valence-electron chi connectivity index (χ4n) is 6.43. The Hall–Kier alpha value is -2.64. The molecule has 5 rings (SSSR count). The molecule has 218 valence electrons. The Labute approximate surface area is 239 Å². The summed E-state index contributed by atoms with van der Waals surface area (Å²) in [6, 6.07) is 7.08. The molecule has 4 unspecified atom stereocenters. The van der Waals surface area contributed by atoms with Crippen LogP contribution in [0.1, 0.15) is 53.1 Å². The van der Waals surface area contributed by atoms with E-state index in [1.807, 2.05) is 6.07 Å². The molecule has 39 heavy (non-hydrogen) atoms. The highest BCUT2D eigenvalue weighted by Crippen LogP contribution is 2.48. The zero-order valence-electron chi connectivity index (χ0n) is 24.9. The van der Waals surface area contributed by atoms with Gasteiger partial charge in [-0.25, -0.2) is 5.43 Å². The van der Waals surface area contributed by atoms with Crippen molar-refractivity contribution in [3.63, 3.8) is 0 Å². The molecule has 0 amide bonds. The molecule has 0 spiro atoms. The standard InChI is InChI=1S/C30H43N5.C2H4.CH4O.2H2/c1-6-24(25-15-23-14-22(23)11-18(25)2)28(17-32-4)33-16-20-7-10-29-26(13-20)30(34-35(29)5)21-8-9-27(31)19(3)12-21;2*1-2;;/h7-12,15,20,22-24,28,30,32-34H,6,13-14,16-17,31H2,1-5H3;1-2H2;2H,1H3;2*1H/t20?,22?,23?,24-,28+,30?;;;;/m0..../s1. The molecule has 6 nitrogen and oxygen atoms in total. The van der Waals surface area contributed by atoms with Crippen LogP contribution in [0.4, 0.5) is 5.69 Å². The summed E-state index contributed by atoms with van der Waals surface area (Å²) in [5, 5.41) is 16.6. The summed E-state index contributed by atoms with van der Waals surface area (Å²) in [5.41, 5.74) is 18.9. The molecule has 1 aliphatic heterocycles. The molecule has 1 aromatic carbocycles. The van der Waals surface area contributed by atoms with E-state index in [9.17, 15) is 0 Å². The third-order valence-electron chi connectivity index (χ3n) is 8.59. The highest BCUT2D eigenvalue weighted by Gasteiger charge is 2.39. The molecule has 0 saturated heterocycles. The number of aryl methyl sites for hydroxylation is 1. The number of nitrogens with zero attached hydrogens (tertiary/aromatic N) is 1. The number of nitrogen functional groups attached to an aromatic ring is 1. The molecule has 0 radical (unpaired) electrons. The number of aliphatic hydroxyl groups is 1. The first-order valence-electron chi connectivity index (χ1n) is 14.4. The van der Waals surface area contributed by atoms with Crippen LogP contribution in [0.3, 0.4) is 0 Å². The first-order valence-corrected chi connectivity index (χ1v) is 14.4. The van der Waals surface area contributed by atoms with E-state index in [-0.39, 0.29) is 8.90 Å². The molecule has 6 N–H and O–H groups in total. The maximum Gasteiger partial charge on any atom is 0.0745 e. The number of hydrogen-bond donors (Lipinski definition) is 5. The zero-order valence-corrected chi connectivity index (χ0v) is 24.9. The van der Waals surface area contributed by atoms with Crippen molar-refractivity contribution in [2.24, 2.45) is 23.7 Å². The van der Waals surface area contributed by atoms with Crippen molar-refractivity contribution in [2.75, 3.05) is 40.0 Å². The van der Waals surface area contributed by atoms with Crippen LogP contribution < -0.4 is 21.8 Å². The van der Waals surface area contributed by atoms with Crippen LogP contribution in [0.25, 0.3) is 0 Å². The van der Waals surface area contributed by atoms with E-state index in [2.05, 4.69) is 106 Å². The minimum Gasteiger partial charge on any atom is -0.400 e. The van der Waals surface area contributed by atoms with Gasteiger partial charge in [-0.15, -0.1) is 13.2 Å². The first-order chi connectivity index (χ1) is 18.9. The van der Waals surface area contributed by atoms with Crippen molar-refractivity contribution in [3.05, 3.63) is 89.2 Å². The summed E-state index contributed by atoms with van der Waals surface area (Å²) in [6.07, 6.45) is 13.4. The molecule has 6 heteroatoms. The first kappa shape index (κ1) is 30.9. The van der Waals surface area contributed by atoms with Gasteiger partial charge in [0.2, 0.25) is 0 Å². The second kappa shape index (κ2) is 14.1. The summed E-state index contributed by atoms with van der Waals surface area (Å²) in [6.45, 7) is 14.7.